The molecule has 1 aliphatic heterocycles. The van der Waals surface area contributed by atoms with Crippen LogP contribution in [-0.2, 0) is 27.9 Å². The Balaban J connectivity index is 1.23. The van der Waals surface area contributed by atoms with E-state index in [1.165, 1.54) is 47.7 Å². The predicted molar refractivity (Wildman–Crippen MR) is 196 cm³/mol. The van der Waals surface area contributed by atoms with Crippen molar-refractivity contribution in [1.29, 1.82) is 0 Å². The van der Waals surface area contributed by atoms with E-state index in [2.05, 4.69) is 23.0 Å². The number of anilines is 1. The van der Waals surface area contributed by atoms with E-state index in [4.69, 9.17) is 13.7 Å². The van der Waals surface area contributed by atoms with Crippen molar-refractivity contribution in [3.63, 3.8) is 0 Å². The molecule has 1 aromatic heterocycles. The number of hydrogen-bond acceptors (Lipinski definition) is 9. The maximum Gasteiger partial charge on any atom is 0.340 e. The van der Waals surface area contributed by atoms with Crippen LogP contribution in [0.3, 0.4) is 0 Å². The molecule has 0 radical (unpaired) electrons. The van der Waals surface area contributed by atoms with Gasteiger partial charge in [-0.05, 0) is 92.9 Å². The molecule has 1 fully saturated rings. The highest BCUT2D eigenvalue weighted by Gasteiger charge is 2.34. The first-order chi connectivity index (χ1) is 24.3. The van der Waals surface area contributed by atoms with Crippen LogP contribution in [-0.4, -0.2) is 76.4 Å². The second-order valence-electron chi connectivity index (χ2n) is 13.1. The number of aromatic hydroxyl groups is 1. The van der Waals surface area contributed by atoms with E-state index in [1.807, 2.05) is 25.1 Å². The summed E-state index contributed by atoms with van der Waals surface area (Å²) in [6, 6.07) is 18.2. The Kier molecular flexibility index (Phi) is 11.8. The smallest absolute Gasteiger partial charge is 0.340 e. The van der Waals surface area contributed by atoms with Gasteiger partial charge in [-0.1, -0.05) is 12.1 Å². The van der Waals surface area contributed by atoms with E-state index in [0.717, 1.165) is 41.9 Å². The Hall–Kier alpha value is -4.79. The van der Waals surface area contributed by atoms with Crippen molar-refractivity contribution in [3.8, 4) is 23.0 Å². The normalized spacial score (nSPS) is 17.9. The summed E-state index contributed by atoms with van der Waals surface area (Å²) in [5.41, 5.74) is 2.23. The number of piperidine rings is 1. The number of methoxy groups -OCH3 is 2. The minimum absolute atomic E-state index is 0.0952. The Labute approximate surface area is 303 Å². The molecule has 1 unspecified atom stereocenters. The van der Waals surface area contributed by atoms with E-state index in [-0.39, 0.29) is 34.8 Å². The Morgan fingerprint density at radius 1 is 0.961 bits per heavy atom. The maximum atomic E-state index is 13.8. The Morgan fingerprint density at radius 3 is 2.29 bits per heavy atom. The number of carbonyl (C=O) groups excluding carboxylic acids is 2. The molecule has 0 saturated carbocycles. The second-order valence-corrected chi connectivity index (χ2v) is 16.1. The van der Waals surface area contributed by atoms with Crippen molar-refractivity contribution in [2.24, 2.45) is 0 Å². The molecular weight excluding hydrogens is 693 g/mol. The van der Waals surface area contributed by atoms with E-state index in [0.29, 0.717) is 33.1 Å². The van der Waals surface area contributed by atoms with Crippen LogP contribution < -0.4 is 29.6 Å². The number of phenolic OH excluding ortho intramolecular Hbond substituents is 1. The number of rotatable bonds is 13. The predicted octanol–water partition coefficient (Wildman–Crippen LogP) is 5.51. The van der Waals surface area contributed by atoms with E-state index < -0.39 is 22.2 Å². The zero-order valence-corrected chi connectivity index (χ0v) is 31.0. The summed E-state index contributed by atoms with van der Waals surface area (Å²) in [5, 5.41) is 18.5. The number of urea groups is 1. The molecule has 0 spiro atoms. The molecule has 51 heavy (non-hydrogen) atoms. The molecule has 3 amide bonds. The number of nitrogens with one attached hydrogen (secondary N) is 3. The van der Waals surface area contributed by atoms with Crippen LogP contribution in [0.1, 0.15) is 33.7 Å². The zero-order valence-electron chi connectivity index (χ0n) is 29.4. The molecule has 4 aromatic rings. The van der Waals surface area contributed by atoms with Crippen LogP contribution in [0.25, 0.3) is 0 Å². The van der Waals surface area contributed by atoms with Crippen LogP contribution in [0.5, 0.6) is 23.0 Å². The zero-order chi connectivity index (χ0) is 36.8. The number of likely N-dealkylation sites (N-methyl/N-ethyl adjacent to an activating group) is 1. The average molecular weight is 738 g/mol. The van der Waals surface area contributed by atoms with Crippen LogP contribution >= 0.6 is 11.3 Å². The molecule has 5 rings (SSSR count). The molecule has 12 nitrogen and oxygen atoms in total. The van der Waals surface area contributed by atoms with Gasteiger partial charge in [0.1, 0.15) is 29.0 Å². The van der Waals surface area contributed by atoms with Crippen molar-refractivity contribution < 1.29 is 41.3 Å². The minimum Gasteiger partial charge on any atom is -0.508 e. The maximum absolute atomic E-state index is 13.8. The van der Waals surface area contributed by atoms with Gasteiger partial charge in [-0.3, -0.25) is 4.79 Å². The Bertz CT molecular complexity index is 1950. The number of benzene rings is 3. The number of phenols is 1. The number of ether oxygens (including phenoxy) is 2. The van der Waals surface area contributed by atoms with E-state index in [1.54, 1.807) is 39.3 Å². The minimum atomic E-state index is -4.02. The first kappa shape index (κ1) is 37.5. The third-order valence-corrected chi connectivity index (χ3v) is 11.3. The van der Waals surface area contributed by atoms with Gasteiger partial charge in [0.25, 0.3) is 0 Å². The first-order valence-corrected chi connectivity index (χ1v) is 18.8. The molecule has 4 N–H and O–H groups in total. The summed E-state index contributed by atoms with van der Waals surface area (Å²) in [5.74, 6) is 1.20. The molecule has 272 valence electrons. The van der Waals surface area contributed by atoms with Crippen LogP contribution in [0.4, 0.5) is 10.5 Å². The average Bonchev–Trinajstić information content (AvgIpc) is 3.44. The topological polar surface area (TPSA) is 152 Å². The lowest BCUT2D eigenvalue weighted by Crippen LogP contribution is -2.59. The lowest BCUT2D eigenvalue weighted by molar-refractivity contribution is -0.927. The number of amides is 3. The highest BCUT2D eigenvalue weighted by Crippen LogP contribution is 2.31. The number of likely N-dealkylation sites (tertiary alicyclic amines) is 1. The molecule has 0 bridgehead atoms. The molecule has 3 aromatic carbocycles. The fraction of sp³-hybridized carbons (Fsp3) is 0.351. The monoisotopic (exact) mass is 737 g/mol. The highest BCUT2D eigenvalue weighted by molar-refractivity contribution is 7.87. The summed E-state index contributed by atoms with van der Waals surface area (Å²) in [6.45, 7) is 5.94. The van der Waals surface area contributed by atoms with Gasteiger partial charge in [-0.25, -0.2) is 4.79 Å². The van der Waals surface area contributed by atoms with Gasteiger partial charge >= 0.3 is 16.1 Å². The molecule has 3 atom stereocenters. The molecule has 2 heterocycles. The van der Waals surface area contributed by atoms with Gasteiger partial charge in [0.15, 0.2) is 11.5 Å². The van der Waals surface area contributed by atoms with Crippen molar-refractivity contribution in [1.82, 2.24) is 10.6 Å². The summed E-state index contributed by atoms with van der Waals surface area (Å²) >= 11 is 1.37. The lowest BCUT2D eigenvalue weighted by atomic mass is 10.00. The largest absolute Gasteiger partial charge is 0.508 e. The van der Waals surface area contributed by atoms with Crippen molar-refractivity contribution in [3.05, 3.63) is 93.7 Å². The molecule has 1 saturated heterocycles. The van der Waals surface area contributed by atoms with E-state index >= 15 is 0 Å². The molecule has 14 heteroatoms. The number of carbonyl (C=O) groups is 2. The third-order valence-electron chi connectivity index (χ3n) is 8.85. The molecular formula is C37H45N4O8S2+. The Morgan fingerprint density at radius 2 is 1.65 bits per heavy atom. The fourth-order valence-electron chi connectivity index (χ4n) is 6.44. The van der Waals surface area contributed by atoms with E-state index in [9.17, 15) is 23.1 Å². The number of quaternary nitrogens is 1. The molecule has 1 aliphatic rings. The van der Waals surface area contributed by atoms with Gasteiger partial charge in [-0.15, -0.1) is 11.3 Å². The number of hydrogen-bond donors (Lipinski definition) is 4. The van der Waals surface area contributed by atoms with Gasteiger partial charge in [0.05, 0.1) is 40.4 Å². The van der Waals surface area contributed by atoms with Gasteiger partial charge in [0.2, 0.25) is 5.91 Å². The number of nitrogens with zero attached hydrogens (tertiary/aromatic N) is 1. The SMILES string of the molecule is COc1ccc(C[N+]2(C)CCC[C@H](NC(=O)[C@H](Cc3ccc(O)cc3)NC(=O)Nc3ccc(OS(=O)(=O)c4cc(C)sc4C)cc3)C2)cc1OC. The van der Waals surface area contributed by atoms with Gasteiger partial charge in [-0.2, -0.15) is 8.42 Å². The van der Waals surface area contributed by atoms with Crippen molar-refractivity contribution >= 4 is 39.1 Å². The van der Waals surface area contributed by atoms with Gasteiger partial charge < -0.3 is 39.2 Å². The second kappa shape index (κ2) is 16.0. The molecule has 0 aliphatic carbocycles. The summed E-state index contributed by atoms with van der Waals surface area (Å²) in [6.07, 6.45) is 1.91. The summed E-state index contributed by atoms with van der Waals surface area (Å²) in [7, 11) is 1.37. The lowest BCUT2D eigenvalue weighted by Gasteiger charge is -2.42. The summed E-state index contributed by atoms with van der Waals surface area (Å²) in [4.78, 5) is 28.6. The number of thiophene rings is 1. The van der Waals surface area contributed by atoms with Crippen molar-refractivity contribution in [2.45, 2.75) is 56.6 Å². The van der Waals surface area contributed by atoms with Crippen LogP contribution in [0, 0.1) is 13.8 Å². The van der Waals surface area contributed by atoms with Crippen LogP contribution in [0.2, 0.25) is 0 Å². The van der Waals surface area contributed by atoms with Crippen LogP contribution in [0.15, 0.2) is 77.7 Å². The quantitative estimate of drug-likeness (QED) is 0.104. The first-order valence-electron chi connectivity index (χ1n) is 16.6. The highest BCUT2D eigenvalue weighted by atomic mass is 32.2. The van der Waals surface area contributed by atoms with Gasteiger partial charge in [0, 0.05) is 27.4 Å². The van der Waals surface area contributed by atoms with Crippen molar-refractivity contribution in [2.75, 3.05) is 39.7 Å². The number of aryl methyl sites for hydroxylation is 2. The standard InChI is InChI=1S/C37H44N4O8S2/c1-24-19-35(25(2)50-24)51(45,46)49-31-15-11-28(12-16-31)39-37(44)40-32(20-26-8-13-30(42)14-9-26)36(43)38-29-7-6-18-41(3,23-29)22-27-10-17-33(47-4)34(21-27)48-5/h8-17,19,21,29,32H,6-7,18,20,22-23H2,1-5H3,(H3-,38,39,40,42,43,44)/p+1/t29-,32-,41?/m0/s1. The summed E-state index contributed by atoms with van der Waals surface area (Å²) < 4.78 is 42.5. The fourth-order valence-corrected chi connectivity index (χ4v) is 8.89. The third kappa shape index (κ3) is 9.93.